The zero-order valence-electron chi connectivity index (χ0n) is 10.0. The van der Waals surface area contributed by atoms with Gasteiger partial charge in [0.2, 0.25) is 0 Å². The normalized spacial score (nSPS) is 30.4. The predicted molar refractivity (Wildman–Crippen MR) is 60.1 cm³/mol. The molecule has 1 aliphatic carbocycles. The standard InChI is InChI=1S/C13H24O/c1-9(2)12-6-5-7-13(8-12)10(3)11(4)14/h9-10,12-13H,5-8H2,1-4H3. The van der Waals surface area contributed by atoms with Gasteiger partial charge in [0.05, 0.1) is 0 Å². The largest absolute Gasteiger partial charge is 0.300 e. The summed E-state index contributed by atoms with van der Waals surface area (Å²) >= 11 is 0. The maximum absolute atomic E-state index is 11.3. The fourth-order valence-electron chi connectivity index (χ4n) is 2.66. The van der Waals surface area contributed by atoms with E-state index in [4.69, 9.17) is 0 Å². The molecule has 1 fully saturated rings. The molecule has 0 aromatic carbocycles. The summed E-state index contributed by atoms with van der Waals surface area (Å²) in [6.45, 7) is 8.47. The second kappa shape index (κ2) is 4.95. The minimum Gasteiger partial charge on any atom is -0.300 e. The Hall–Kier alpha value is -0.330. The molecule has 0 aliphatic heterocycles. The first-order valence-corrected chi connectivity index (χ1v) is 6.02. The molecule has 1 aliphatic rings. The van der Waals surface area contributed by atoms with Crippen LogP contribution in [0.25, 0.3) is 0 Å². The van der Waals surface area contributed by atoms with Gasteiger partial charge in [-0.05, 0) is 37.5 Å². The van der Waals surface area contributed by atoms with E-state index in [9.17, 15) is 4.79 Å². The van der Waals surface area contributed by atoms with Gasteiger partial charge in [-0.15, -0.1) is 0 Å². The van der Waals surface area contributed by atoms with Crippen molar-refractivity contribution in [3.05, 3.63) is 0 Å². The van der Waals surface area contributed by atoms with Crippen molar-refractivity contribution in [2.45, 2.75) is 53.4 Å². The third kappa shape index (κ3) is 2.83. The molecular formula is C13H24O. The minimum absolute atomic E-state index is 0.288. The van der Waals surface area contributed by atoms with Crippen LogP contribution in [0.3, 0.4) is 0 Å². The van der Waals surface area contributed by atoms with Crippen molar-refractivity contribution in [2.24, 2.45) is 23.7 Å². The number of hydrogen-bond donors (Lipinski definition) is 0. The predicted octanol–water partition coefficient (Wildman–Crippen LogP) is 3.67. The van der Waals surface area contributed by atoms with Crippen LogP contribution in [0.4, 0.5) is 0 Å². The summed E-state index contributed by atoms with van der Waals surface area (Å²) < 4.78 is 0. The lowest BCUT2D eigenvalue weighted by atomic mass is 9.71. The quantitative estimate of drug-likeness (QED) is 0.673. The first-order chi connectivity index (χ1) is 6.52. The summed E-state index contributed by atoms with van der Waals surface area (Å²) in [5.41, 5.74) is 0. The van der Waals surface area contributed by atoms with Gasteiger partial charge < -0.3 is 0 Å². The summed E-state index contributed by atoms with van der Waals surface area (Å²) in [6.07, 6.45) is 5.24. The lowest BCUT2D eigenvalue weighted by Crippen LogP contribution is -2.27. The average molecular weight is 196 g/mol. The number of carbonyl (C=O) groups excluding carboxylic acids is 1. The first kappa shape index (κ1) is 11.7. The molecule has 0 radical (unpaired) electrons. The number of ketones is 1. The molecule has 0 saturated heterocycles. The molecule has 1 rings (SSSR count). The average Bonchev–Trinajstić information content (AvgIpc) is 2.16. The van der Waals surface area contributed by atoms with Gasteiger partial charge in [0.1, 0.15) is 5.78 Å². The first-order valence-electron chi connectivity index (χ1n) is 6.02. The van der Waals surface area contributed by atoms with Crippen LogP contribution in [0.1, 0.15) is 53.4 Å². The Morgan fingerprint density at radius 3 is 2.21 bits per heavy atom. The maximum atomic E-state index is 11.3. The third-order valence-corrected chi connectivity index (χ3v) is 4.05. The SMILES string of the molecule is CC(=O)C(C)C1CCCC(C(C)C)C1. The Morgan fingerprint density at radius 1 is 1.14 bits per heavy atom. The van der Waals surface area contributed by atoms with Crippen LogP contribution < -0.4 is 0 Å². The van der Waals surface area contributed by atoms with Crippen molar-refractivity contribution in [1.82, 2.24) is 0 Å². The summed E-state index contributed by atoms with van der Waals surface area (Å²) in [5, 5.41) is 0. The molecule has 3 unspecified atom stereocenters. The van der Waals surface area contributed by atoms with Crippen LogP contribution in [0.15, 0.2) is 0 Å². The van der Waals surface area contributed by atoms with Gasteiger partial charge in [-0.25, -0.2) is 0 Å². The molecule has 0 aromatic rings. The molecule has 0 N–H and O–H groups in total. The summed E-state index contributed by atoms with van der Waals surface area (Å²) in [7, 11) is 0. The fourth-order valence-corrected chi connectivity index (χ4v) is 2.66. The molecule has 0 bridgehead atoms. The van der Waals surface area contributed by atoms with E-state index in [1.807, 2.05) is 0 Å². The molecule has 0 heterocycles. The Morgan fingerprint density at radius 2 is 1.71 bits per heavy atom. The molecule has 3 atom stereocenters. The van der Waals surface area contributed by atoms with Crippen LogP contribution in [0.5, 0.6) is 0 Å². The molecule has 14 heavy (non-hydrogen) atoms. The van der Waals surface area contributed by atoms with E-state index < -0.39 is 0 Å². The van der Waals surface area contributed by atoms with Crippen molar-refractivity contribution < 1.29 is 4.79 Å². The second-order valence-electron chi connectivity index (χ2n) is 5.33. The Kier molecular flexibility index (Phi) is 4.15. The van der Waals surface area contributed by atoms with Crippen molar-refractivity contribution in [1.29, 1.82) is 0 Å². The number of hydrogen-bond acceptors (Lipinski definition) is 1. The van der Waals surface area contributed by atoms with Crippen LogP contribution in [-0.2, 0) is 4.79 Å². The van der Waals surface area contributed by atoms with Gasteiger partial charge in [0.15, 0.2) is 0 Å². The summed E-state index contributed by atoms with van der Waals surface area (Å²) in [5.74, 6) is 2.97. The van der Waals surface area contributed by atoms with E-state index in [1.54, 1.807) is 6.92 Å². The molecular weight excluding hydrogens is 172 g/mol. The van der Waals surface area contributed by atoms with Crippen molar-refractivity contribution in [2.75, 3.05) is 0 Å². The zero-order valence-corrected chi connectivity index (χ0v) is 10.0. The molecule has 82 valence electrons. The van der Waals surface area contributed by atoms with Crippen LogP contribution >= 0.6 is 0 Å². The summed E-state index contributed by atoms with van der Waals surface area (Å²) in [4.78, 5) is 11.3. The van der Waals surface area contributed by atoms with Gasteiger partial charge in [-0.1, -0.05) is 33.6 Å². The smallest absolute Gasteiger partial charge is 0.132 e. The van der Waals surface area contributed by atoms with Gasteiger partial charge >= 0.3 is 0 Å². The lowest BCUT2D eigenvalue weighted by Gasteiger charge is -2.34. The third-order valence-electron chi connectivity index (χ3n) is 4.05. The number of carbonyl (C=O) groups is 1. The topological polar surface area (TPSA) is 17.1 Å². The highest BCUT2D eigenvalue weighted by Gasteiger charge is 2.29. The van der Waals surface area contributed by atoms with Gasteiger partial charge in [0, 0.05) is 5.92 Å². The maximum Gasteiger partial charge on any atom is 0.132 e. The highest BCUT2D eigenvalue weighted by molar-refractivity contribution is 5.78. The van der Waals surface area contributed by atoms with Crippen LogP contribution in [-0.4, -0.2) is 5.78 Å². The van der Waals surface area contributed by atoms with Crippen molar-refractivity contribution in [3.8, 4) is 0 Å². The highest BCUT2D eigenvalue weighted by Crippen LogP contribution is 2.37. The fraction of sp³-hybridized carbons (Fsp3) is 0.923. The van der Waals surface area contributed by atoms with Crippen molar-refractivity contribution in [3.63, 3.8) is 0 Å². The van der Waals surface area contributed by atoms with Crippen LogP contribution in [0.2, 0.25) is 0 Å². The molecule has 1 saturated carbocycles. The monoisotopic (exact) mass is 196 g/mol. The highest BCUT2D eigenvalue weighted by atomic mass is 16.1. The minimum atomic E-state index is 0.288. The summed E-state index contributed by atoms with van der Waals surface area (Å²) in [6, 6.07) is 0. The second-order valence-corrected chi connectivity index (χ2v) is 5.33. The Bertz CT molecular complexity index is 195. The Balaban J connectivity index is 2.51. The van der Waals surface area contributed by atoms with E-state index in [0.717, 1.165) is 11.8 Å². The zero-order chi connectivity index (χ0) is 10.7. The van der Waals surface area contributed by atoms with E-state index in [0.29, 0.717) is 11.7 Å². The van der Waals surface area contributed by atoms with E-state index in [-0.39, 0.29) is 5.92 Å². The molecule has 1 heteroatoms. The van der Waals surface area contributed by atoms with Crippen molar-refractivity contribution >= 4 is 5.78 Å². The molecule has 0 amide bonds. The molecule has 0 spiro atoms. The lowest BCUT2D eigenvalue weighted by molar-refractivity contribution is -0.122. The van der Waals surface area contributed by atoms with Gasteiger partial charge in [0.25, 0.3) is 0 Å². The molecule has 0 aromatic heterocycles. The van der Waals surface area contributed by atoms with Crippen LogP contribution in [0, 0.1) is 23.7 Å². The Labute approximate surface area is 88.3 Å². The van der Waals surface area contributed by atoms with E-state index in [2.05, 4.69) is 20.8 Å². The molecule has 1 nitrogen and oxygen atoms in total. The van der Waals surface area contributed by atoms with Gasteiger partial charge in [-0.2, -0.15) is 0 Å². The number of rotatable bonds is 3. The van der Waals surface area contributed by atoms with E-state index >= 15 is 0 Å². The number of Topliss-reactive ketones (excluding diaryl/α,β-unsaturated/α-hetero) is 1. The van der Waals surface area contributed by atoms with Gasteiger partial charge in [-0.3, -0.25) is 4.79 Å². The van der Waals surface area contributed by atoms with E-state index in [1.165, 1.54) is 25.7 Å².